The molecule has 0 fully saturated rings. The van der Waals surface area contributed by atoms with Crippen molar-refractivity contribution in [1.82, 2.24) is 9.97 Å². The summed E-state index contributed by atoms with van der Waals surface area (Å²) in [6, 6.07) is 0. The summed E-state index contributed by atoms with van der Waals surface area (Å²) in [6.45, 7) is 7.43. The van der Waals surface area contributed by atoms with Crippen molar-refractivity contribution in [1.29, 1.82) is 0 Å². The number of carbonyl (C=O) groups is 2. The number of nitrogens with zero attached hydrogens (tertiary/aromatic N) is 3. The van der Waals surface area contributed by atoms with Crippen LogP contribution in [-0.4, -0.2) is 61.7 Å². The van der Waals surface area contributed by atoms with E-state index < -0.39 is 6.09 Å². The lowest BCUT2D eigenvalue weighted by atomic mass is 10.1. The SMILES string of the molecule is CCCCCCCCCCCCCCOC(=O)Nc1nc(Cl)nc2c1NCN2CCC(COC(=O)C(C)C)OC. The number of anilines is 3. The molecule has 0 aromatic carbocycles. The van der Waals surface area contributed by atoms with E-state index in [-0.39, 0.29) is 35.7 Å². The Kier molecular flexibility index (Phi) is 16.7. The Balaban J connectivity index is 1.67. The summed E-state index contributed by atoms with van der Waals surface area (Å²) in [6.07, 6.45) is 14.8. The Hall–Kier alpha value is -2.33. The van der Waals surface area contributed by atoms with E-state index in [0.29, 0.717) is 37.7 Å². The monoisotopic (exact) mass is 583 g/mol. The van der Waals surface area contributed by atoms with E-state index >= 15 is 0 Å². The summed E-state index contributed by atoms with van der Waals surface area (Å²) < 4.78 is 16.1. The molecule has 228 valence electrons. The highest BCUT2D eigenvalue weighted by Crippen LogP contribution is 2.36. The summed E-state index contributed by atoms with van der Waals surface area (Å²) in [7, 11) is 1.59. The summed E-state index contributed by atoms with van der Waals surface area (Å²) in [5, 5.41) is 5.95. The Morgan fingerprint density at radius 2 is 1.60 bits per heavy atom. The third-order valence-corrected chi connectivity index (χ3v) is 7.17. The summed E-state index contributed by atoms with van der Waals surface area (Å²) in [5.41, 5.74) is 0.590. The third kappa shape index (κ3) is 12.9. The molecule has 2 N–H and O–H groups in total. The zero-order chi connectivity index (χ0) is 29.2. The Labute approximate surface area is 245 Å². The van der Waals surface area contributed by atoms with Gasteiger partial charge < -0.3 is 24.4 Å². The molecular weight excluding hydrogens is 534 g/mol. The smallest absolute Gasteiger partial charge is 0.412 e. The molecule has 0 saturated carbocycles. The van der Waals surface area contributed by atoms with Crippen LogP contribution in [0, 0.1) is 5.92 Å². The molecule has 2 rings (SSSR count). The van der Waals surface area contributed by atoms with E-state index in [2.05, 4.69) is 27.5 Å². The first kappa shape index (κ1) is 33.9. The zero-order valence-corrected chi connectivity index (χ0v) is 25.7. The van der Waals surface area contributed by atoms with E-state index in [1.165, 1.54) is 64.2 Å². The molecule has 1 atom stereocenters. The maximum atomic E-state index is 12.4. The molecule has 10 nitrogen and oxygen atoms in total. The number of nitrogens with one attached hydrogen (secondary N) is 2. The fourth-order valence-electron chi connectivity index (χ4n) is 4.49. The minimum Gasteiger partial charge on any atom is -0.463 e. The lowest BCUT2D eigenvalue weighted by Crippen LogP contribution is -2.31. The predicted octanol–water partition coefficient (Wildman–Crippen LogP) is 7.17. The van der Waals surface area contributed by atoms with Gasteiger partial charge in [0.25, 0.3) is 0 Å². The van der Waals surface area contributed by atoms with Gasteiger partial charge in [0.2, 0.25) is 5.28 Å². The van der Waals surface area contributed by atoms with Crippen molar-refractivity contribution >= 4 is 41.0 Å². The van der Waals surface area contributed by atoms with Crippen LogP contribution in [0.5, 0.6) is 0 Å². The standard InChI is InChI=1S/C29H50ClN5O5/c1-5-6-7-8-9-10-11-12-13-14-15-16-19-39-29(37)33-25-24-26(34-28(30)32-25)35(21-31-24)18-17-23(38-4)20-40-27(36)22(2)3/h22-23,31H,5-21H2,1-4H3,(H,32,33,34,37). The maximum Gasteiger partial charge on any atom is 0.412 e. The van der Waals surface area contributed by atoms with Gasteiger partial charge in [-0.2, -0.15) is 9.97 Å². The fourth-order valence-corrected chi connectivity index (χ4v) is 4.65. The maximum absolute atomic E-state index is 12.4. The Morgan fingerprint density at radius 1 is 0.975 bits per heavy atom. The van der Waals surface area contributed by atoms with Gasteiger partial charge in [0.15, 0.2) is 11.6 Å². The summed E-state index contributed by atoms with van der Waals surface area (Å²) in [5.74, 6) is 0.431. The highest BCUT2D eigenvalue weighted by atomic mass is 35.5. The first-order chi connectivity index (χ1) is 19.3. The second kappa shape index (κ2) is 19.7. The average molecular weight is 584 g/mol. The molecule has 1 unspecified atom stereocenters. The number of methoxy groups -OCH3 is 1. The molecule has 1 amide bonds. The molecule has 40 heavy (non-hydrogen) atoms. The number of amides is 1. The van der Waals surface area contributed by atoms with Crippen LogP contribution in [0.3, 0.4) is 0 Å². The van der Waals surface area contributed by atoms with Gasteiger partial charge in [0.05, 0.1) is 25.3 Å². The number of hydrogen-bond acceptors (Lipinski definition) is 9. The normalized spacial score (nSPS) is 13.2. The van der Waals surface area contributed by atoms with Crippen LogP contribution in [0.4, 0.5) is 22.1 Å². The predicted molar refractivity (Wildman–Crippen MR) is 160 cm³/mol. The van der Waals surface area contributed by atoms with Crippen molar-refractivity contribution in [3.8, 4) is 0 Å². The average Bonchev–Trinajstić information content (AvgIpc) is 3.33. The van der Waals surface area contributed by atoms with Gasteiger partial charge in [-0.15, -0.1) is 0 Å². The van der Waals surface area contributed by atoms with E-state index in [9.17, 15) is 9.59 Å². The number of unbranched alkanes of at least 4 members (excludes halogenated alkanes) is 11. The van der Waals surface area contributed by atoms with Crippen LogP contribution in [0.15, 0.2) is 0 Å². The van der Waals surface area contributed by atoms with Crippen molar-refractivity contribution < 1.29 is 23.8 Å². The van der Waals surface area contributed by atoms with Crippen LogP contribution in [-0.2, 0) is 19.0 Å². The topological polar surface area (TPSA) is 115 Å². The van der Waals surface area contributed by atoms with Crippen LogP contribution in [0.25, 0.3) is 0 Å². The van der Waals surface area contributed by atoms with Crippen molar-refractivity contribution in [2.24, 2.45) is 5.92 Å². The summed E-state index contributed by atoms with van der Waals surface area (Å²) >= 11 is 6.17. The van der Waals surface area contributed by atoms with Crippen LogP contribution < -0.4 is 15.5 Å². The molecule has 0 spiro atoms. The van der Waals surface area contributed by atoms with E-state index in [4.69, 9.17) is 25.8 Å². The molecule has 0 saturated heterocycles. The van der Waals surface area contributed by atoms with Gasteiger partial charge in [-0.25, -0.2) is 4.79 Å². The Bertz CT molecular complexity index is 889. The molecule has 0 aliphatic carbocycles. The number of fused-ring (bicyclic) bond motifs is 1. The third-order valence-electron chi connectivity index (χ3n) is 7.00. The highest BCUT2D eigenvalue weighted by molar-refractivity contribution is 6.28. The molecule has 0 radical (unpaired) electrons. The zero-order valence-electron chi connectivity index (χ0n) is 24.9. The van der Waals surface area contributed by atoms with Gasteiger partial charge >= 0.3 is 12.1 Å². The van der Waals surface area contributed by atoms with Gasteiger partial charge in [-0.1, -0.05) is 91.4 Å². The first-order valence-corrected chi connectivity index (χ1v) is 15.4. The van der Waals surface area contributed by atoms with Crippen molar-refractivity contribution in [2.45, 2.75) is 110 Å². The number of esters is 1. The number of hydrogen-bond donors (Lipinski definition) is 2. The highest BCUT2D eigenvalue weighted by Gasteiger charge is 2.27. The number of aromatic nitrogens is 2. The fraction of sp³-hybridized carbons (Fsp3) is 0.793. The molecule has 11 heteroatoms. The van der Waals surface area contributed by atoms with Crippen LogP contribution in [0.1, 0.15) is 104 Å². The number of halogens is 1. The molecule has 0 bridgehead atoms. The summed E-state index contributed by atoms with van der Waals surface area (Å²) in [4.78, 5) is 34.7. The molecule has 1 aromatic heterocycles. The minimum absolute atomic E-state index is 0.0258. The van der Waals surface area contributed by atoms with Crippen LogP contribution in [0.2, 0.25) is 5.28 Å². The van der Waals surface area contributed by atoms with Gasteiger partial charge in [0.1, 0.15) is 12.3 Å². The number of rotatable bonds is 21. The lowest BCUT2D eigenvalue weighted by molar-refractivity contribution is -0.151. The molecule has 1 aliphatic rings. The van der Waals surface area contributed by atoms with Crippen molar-refractivity contribution in [3.05, 3.63) is 5.28 Å². The van der Waals surface area contributed by atoms with Gasteiger partial charge in [-0.3, -0.25) is 10.1 Å². The van der Waals surface area contributed by atoms with E-state index in [1.54, 1.807) is 21.0 Å². The Morgan fingerprint density at radius 3 is 2.20 bits per heavy atom. The molecular formula is C29H50ClN5O5. The number of ether oxygens (including phenoxy) is 3. The largest absolute Gasteiger partial charge is 0.463 e. The van der Waals surface area contributed by atoms with E-state index in [0.717, 1.165) is 12.8 Å². The van der Waals surface area contributed by atoms with Gasteiger partial charge in [0, 0.05) is 13.7 Å². The molecule has 1 aromatic rings. The number of carbonyl (C=O) groups excluding carboxylic acids is 2. The van der Waals surface area contributed by atoms with E-state index in [1.807, 2.05) is 4.90 Å². The quantitative estimate of drug-likeness (QED) is 0.0882. The minimum atomic E-state index is -0.563. The van der Waals surface area contributed by atoms with Crippen molar-refractivity contribution in [2.75, 3.05) is 49.1 Å². The van der Waals surface area contributed by atoms with Gasteiger partial charge in [-0.05, 0) is 24.4 Å². The second-order valence-electron chi connectivity index (χ2n) is 10.7. The molecule has 2 heterocycles. The molecule has 1 aliphatic heterocycles. The van der Waals surface area contributed by atoms with Crippen LogP contribution >= 0.6 is 11.6 Å². The lowest BCUT2D eigenvalue weighted by Gasteiger charge is -2.21. The second-order valence-corrected chi connectivity index (χ2v) is 11.1. The first-order valence-electron chi connectivity index (χ1n) is 15.0. The van der Waals surface area contributed by atoms with Crippen molar-refractivity contribution in [3.63, 3.8) is 0 Å².